The van der Waals surface area contributed by atoms with Gasteiger partial charge in [0.2, 0.25) is 0 Å². The Kier molecular flexibility index (Phi) is 4.40. The average molecular weight is 252 g/mol. The van der Waals surface area contributed by atoms with Crippen molar-refractivity contribution in [3.8, 4) is 0 Å². The van der Waals surface area contributed by atoms with Crippen molar-refractivity contribution >= 4 is 0 Å². The minimum absolute atomic E-state index is 0.306. The Hall–Kier alpha value is -0.870. The number of aryl methyl sites for hydroxylation is 2. The van der Waals surface area contributed by atoms with Crippen LogP contribution in [0.25, 0.3) is 0 Å². The molecule has 18 heavy (non-hydrogen) atoms. The normalized spacial score (nSPS) is 26.2. The lowest BCUT2D eigenvalue weighted by atomic mass is 9.92. The second-order valence-electron chi connectivity index (χ2n) is 5.34. The number of nitrogens with one attached hydrogen (secondary N) is 1. The fourth-order valence-corrected chi connectivity index (χ4v) is 3.01. The van der Waals surface area contributed by atoms with Crippen LogP contribution in [0.15, 0.2) is 4.52 Å². The van der Waals surface area contributed by atoms with Crippen LogP contribution in [0.2, 0.25) is 0 Å². The van der Waals surface area contributed by atoms with Crippen LogP contribution in [-0.4, -0.2) is 24.4 Å². The standard InChI is InChI=1S/C14H24N2O2/c1-9(14-10(2)16-18-11(14)3)15-12-5-7-13(17-4)8-6-12/h9,12-13,15H,5-8H2,1-4H3. The monoisotopic (exact) mass is 252 g/mol. The highest BCUT2D eigenvalue weighted by Gasteiger charge is 2.24. The number of methoxy groups -OCH3 is 1. The first-order valence-electron chi connectivity index (χ1n) is 6.83. The summed E-state index contributed by atoms with van der Waals surface area (Å²) in [5, 5.41) is 7.71. The summed E-state index contributed by atoms with van der Waals surface area (Å²) in [4.78, 5) is 0. The molecule has 1 saturated carbocycles. The summed E-state index contributed by atoms with van der Waals surface area (Å²) in [7, 11) is 1.81. The number of aromatic nitrogens is 1. The molecular weight excluding hydrogens is 228 g/mol. The van der Waals surface area contributed by atoms with Gasteiger partial charge in [0.1, 0.15) is 5.76 Å². The molecule has 1 N–H and O–H groups in total. The van der Waals surface area contributed by atoms with E-state index in [0.29, 0.717) is 18.2 Å². The van der Waals surface area contributed by atoms with E-state index in [0.717, 1.165) is 24.3 Å². The van der Waals surface area contributed by atoms with Crippen molar-refractivity contribution < 1.29 is 9.26 Å². The lowest BCUT2D eigenvalue weighted by molar-refractivity contribution is 0.0613. The van der Waals surface area contributed by atoms with E-state index in [1.807, 2.05) is 21.0 Å². The zero-order valence-corrected chi connectivity index (χ0v) is 11.8. The van der Waals surface area contributed by atoms with Crippen LogP contribution >= 0.6 is 0 Å². The van der Waals surface area contributed by atoms with E-state index >= 15 is 0 Å². The molecule has 0 bridgehead atoms. The van der Waals surface area contributed by atoms with Gasteiger partial charge in [-0.05, 0) is 46.5 Å². The molecule has 1 unspecified atom stereocenters. The Bertz CT molecular complexity index is 362. The summed E-state index contributed by atoms with van der Waals surface area (Å²) < 4.78 is 10.6. The quantitative estimate of drug-likeness (QED) is 0.895. The molecule has 4 heteroatoms. The predicted octanol–water partition coefficient (Wildman–Crippen LogP) is 2.90. The summed E-state index contributed by atoms with van der Waals surface area (Å²) in [5.41, 5.74) is 2.21. The molecule has 0 radical (unpaired) electrons. The predicted molar refractivity (Wildman–Crippen MR) is 70.6 cm³/mol. The highest BCUT2D eigenvalue weighted by atomic mass is 16.5. The number of hydrogen-bond acceptors (Lipinski definition) is 4. The Labute approximate surface area is 109 Å². The van der Waals surface area contributed by atoms with Crippen molar-refractivity contribution in [2.45, 2.75) is 64.6 Å². The van der Waals surface area contributed by atoms with Gasteiger partial charge in [-0.25, -0.2) is 0 Å². The van der Waals surface area contributed by atoms with Crippen molar-refractivity contribution in [1.82, 2.24) is 10.5 Å². The number of nitrogens with zero attached hydrogens (tertiary/aromatic N) is 1. The van der Waals surface area contributed by atoms with Gasteiger partial charge in [-0.2, -0.15) is 0 Å². The molecule has 1 aromatic heterocycles. The summed E-state index contributed by atoms with van der Waals surface area (Å²) >= 11 is 0. The molecule has 1 aliphatic rings. The van der Waals surface area contributed by atoms with Crippen molar-refractivity contribution in [3.05, 3.63) is 17.0 Å². The molecule has 4 nitrogen and oxygen atoms in total. The zero-order chi connectivity index (χ0) is 13.1. The van der Waals surface area contributed by atoms with Crippen LogP contribution < -0.4 is 5.32 Å². The first kappa shape index (κ1) is 13.6. The van der Waals surface area contributed by atoms with E-state index in [1.54, 1.807) is 0 Å². The van der Waals surface area contributed by atoms with Gasteiger partial charge in [-0.3, -0.25) is 0 Å². The van der Waals surface area contributed by atoms with E-state index in [1.165, 1.54) is 18.4 Å². The number of rotatable bonds is 4. The fourth-order valence-electron chi connectivity index (χ4n) is 3.01. The Morgan fingerprint density at radius 3 is 2.44 bits per heavy atom. The molecule has 0 saturated heterocycles. The molecule has 2 rings (SSSR count). The first-order valence-corrected chi connectivity index (χ1v) is 6.83. The molecule has 102 valence electrons. The molecule has 1 atom stereocenters. The van der Waals surface area contributed by atoms with Crippen LogP contribution in [0.3, 0.4) is 0 Å². The maximum absolute atomic E-state index is 5.40. The van der Waals surface area contributed by atoms with Gasteiger partial charge in [0.15, 0.2) is 0 Å². The molecule has 0 amide bonds. The first-order chi connectivity index (χ1) is 8.61. The summed E-state index contributed by atoms with van der Waals surface area (Å²) in [6.45, 7) is 6.18. The summed E-state index contributed by atoms with van der Waals surface area (Å²) in [6.07, 6.45) is 5.14. The van der Waals surface area contributed by atoms with Gasteiger partial charge in [-0.15, -0.1) is 0 Å². The largest absolute Gasteiger partial charge is 0.381 e. The Morgan fingerprint density at radius 2 is 1.94 bits per heavy atom. The molecular formula is C14H24N2O2. The lowest BCUT2D eigenvalue weighted by Crippen LogP contribution is -2.36. The topological polar surface area (TPSA) is 47.3 Å². The van der Waals surface area contributed by atoms with Crippen molar-refractivity contribution in [2.75, 3.05) is 7.11 Å². The Balaban J connectivity index is 1.90. The third-order valence-electron chi connectivity index (χ3n) is 4.01. The molecule has 1 aliphatic carbocycles. The fraction of sp³-hybridized carbons (Fsp3) is 0.786. The molecule has 0 spiro atoms. The van der Waals surface area contributed by atoms with Gasteiger partial charge in [0.25, 0.3) is 0 Å². The molecule has 0 aromatic carbocycles. The molecule has 1 aromatic rings. The van der Waals surface area contributed by atoms with Gasteiger partial charge in [0, 0.05) is 24.8 Å². The van der Waals surface area contributed by atoms with Crippen LogP contribution in [0.4, 0.5) is 0 Å². The van der Waals surface area contributed by atoms with Gasteiger partial charge in [-0.1, -0.05) is 5.16 Å². The van der Waals surface area contributed by atoms with E-state index in [4.69, 9.17) is 9.26 Å². The SMILES string of the molecule is COC1CCC(NC(C)c2c(C)noc2C)CC1. The van der Waals surface area contributed by atoms with Crippen molar-refractivity contribution in [2.24, 2.45) is 0 Å². The van der Waals surface area contributed by atoms with Crippen LogP contribution in [0, 0.1) is 13.8 Å². The average Bonchev–Trinajstić information content (AvgIpc) is 2.70. The Morgan fingerprint density at radius 1 is 1.28 bits per heavy atom. The lowest BCUT2D eigenvalue weighted by Gasteiger charge is -2.30. The van der Waals surface area contributed by atoms with Gasteiger partial charge < -0.3 is 14.6 Å². The summed E-state index contributed by atoms with van der Waals surface area (Å²) in [6, 6.07) is 0.889. The van der Waals surface area contributed by atoms with E-state index in [-0.39, 0.29) is 0 Å². The van der Waals surface area contributed by atoms with Crippen molar-refractivity contribution in [1.29, 1.82) is 0 Å². The second kappa shape index (κ2) is 5.85. The van der Waals surface area contributed by atoms with Crippen molar-refractivity contribution in [3.63, 3.8) is 0 Å². The maximum Gasteiger partial charge on any atom is 0.138 e. The minimum Gasteiger partial charge on any atom is -0.381 e. The number of ether oxygens (including phenoxy) is 1. The van der Waals surface area contributed by atoms with E-state index in [2.05, 4.69) is 17.4 Å². The smallest absolute Gasteiger partial charge is 0.138 e. The third kappa shape index (κ3) is 2.93. The second-order valence-corrected chi connectivity index (χ2v) is 5.34. The molecule has 0 aliphatic heterocycles. The molecule has 1 heterocycles. The van der Waals surface area contributed by atoms with E-state index < -0.39 is 0 Å². The van der Waals surface area contributed by atoms with Crippen LogP contribution in [0.1, 0.15) is 55.7 Å². The van der Waals surface area contributed by atoms with E-state index in [9.17, 15) is 0 Å². The zero-order valence-electron chi connectivity index (χ0n) is 11.8. The van der Waals surface area contributed by atoms with Gasteiger partial charge >= 0.3 is 0 Å². The minimum atomic E-state index is 0.306. The third-order valence-corrected chi connectivity index (χ3v) is 4.01. The highest BCUT2D eigenvalue weighted by Crippen LogP contribution is 2.26. The number of hydrogen-bond donors (Lipinski definition) is 1. The highest BCUT2D eigenvalue weighted by molar-refractivity contribution is 5.24. The summed E-state index contributed by atoms with van der Waals surface area (Å²) in [5.74, 6) is 0.929. The molecule has 1 fully saturated rings. The van der Waals surface area contributed by atoms with Gasteiger partial charge in [0.05, 0.1) is 11.8 Å². The maximum atomic E-state index is 5.40. The van der Waals surface area contributed by atoms with Crippen LogP contribution in [-0.2, 0) is 4.74 Å². The van der Waals surface area contributed by atoms with Crippen LogP contribution in [0.5, 0.6) is 0 Å².